The highest BCUT2D eigenvalue weighted by molar-refractivity contribution is 7.99. The summed E-state index contributed by atoms with van der Waals surface area (Å²) >= 11 is 1.69. The molecule has 0 aromatic rings. The number of thioether (sulfide) groups is 1. The second-order valence-corrected chi connectivity index (χ2v) is 9.07. The van der Waals surface area contributed by atoms with Crippen LogP contribution in [0.5, 0.6) is 0 Å². The van der Waals surface area contributed by atoms with Crippen molar-refractivity contribution in [1.82, 2.24) is 0 Å². The number of ether oxygens (including phenoxy) is 2. The molecule has 4 aliphatic heterocycles. The highest BCUT2D eigenvalue weighted by Gasteiger charge is 2.69. The molecule has 1 aliphatic carbocycles. The molecule has 4 heterocycles. The van der Waals surface area contributed by atoms with Crippen LogP contribution in [0.1, 0.15) is 46.5 Å². The van der Waals surface area contributed by atoms with Gasteiger partial charge >= 0.3 is 0 Å². The molecule has 1 spiro atoms. The third kappa shape index (κ3) is 2.41. The Balaban J connectivity index is 1.70. The van der Waals surface area contributed by atoms with Crippen molar-refractivity contribution in [2.45, 2.75) is 69.6 Å². The Morgan fingerprint density at radius 1 is 1.13 bits per heavy atom. The van der Waals surface area contributed by atoms with E-state index in [-0.39, 0.29) is 18.3 Å². The molecule has 0 radical (unpaired) electrons. The van der Waals surface area contributed by atoms with Gasteiger partial charge in [-0.15, -0.1) is 11.8 Å². The van der Waals surface area contributed by atoms with E-state index in [1.165, 1.54) is 6.42 Å². The van der Waals surface area contributed by atoms with E-state index in [0.717, 1.165) is 19.3 Å². The lowest BCUT2D eigenvalue weighted by Crippen LogP contribution is -2.70. The van der Waals surface area contributed by atoms with Crippen molar-refractivity contribution in [2.75, 3.05) is 12.4 Å². The largest absolute Gasteiger partial charge is 0.396 e. The highest BCUT2D eigenvalue weighted by Crippen LogP contribution is 2.61. The Bertz CT molecular complexity index is 462. The molecule has 1 N–H and O–H groups in total. The summed E-state index contributed by atoms with van der Waals surface area (Å²) in [5.41, 5.74) is -0.424. The molecule has 1 saturated carbocycles. The fourth-order valence-corrected chi connectivity index (χ4v) is 6.24. The summed E-state index contributed by atoms with van der Waals surface area (Å²) in [4.78, 5) is 11.9. The molecule has 8 atom stereocenters. The van der Waals surface area contributed by atoms with Gasteiger partial charge in [0.1, 0.15) is 5.44 Å². The molecule has 5 rings (SSSR count). The van der Waals surface area contributed by atoms with E-state index in [4.69, 9.17) is 24.4 Å². The molecule has 132 valence electrons. The molecule has 0 aromatic heterocycles. The van der Waals surface area contributed by atoms with E-state index in [2.05, 4.69) is 13.8 Å². The van der Waals surface area contributed by atoms with E-state index in [9.17, 15) is 0 Å². The first-order valence-electron chi connectivity index (χ1n) is 8.93. The molecular weight excluding hydrogens is 316 g/mol. The average Bonchev–Trinajstić information content (AvgIpc) is 2.76. The van der Waals surface area contributed by atoms with Gasteiger partial charge < -0.3 is 14.6 Å². The van der Waals surface area contributed by atoms with Gasteiger partial charge in [-0.25, -0.2) is 9.78 Å². The Kier molecular flexibility index (Phi) is 4.23. The van der Waals surface area contributed by atoms with E-state index in [1.54, 1.807) is 11.8 Å². The summed E-state index contributed by atoms with van der Waals surface area (Å²) in [7, 11) is 0. The van der Waals surface area contributed by atoms with Gasteiger partial charge in [-0.2, -0.15) is 0 Å². The Labute approximate surface area is 142 Å². The van der Waals surface area contributed by atoms with Crippen molar-refractivity contribution in [3.05, 3.63) is 0 Å². The smallest absolute Gasteiger partial charge is 0.201 e. The third-order valence-electron chi connectivity index (χ3n) is 6.47. The second kappa shape index (κ2) is 5.85. The van der Waals surface area contributed by atoms with Crippen molar-refractivity contribution >= 4 is 11.8 Å². The molecule has 0 amide bonds. The predicted octanol–water partition coefficient (Wildman–Crippen LogP) is 2.92. The van der Waals surface area contributed by atoms with Crippen LogP contribution in [0.15, 0.2) is 0 Å². The van der Waals surface area contributed by atoms with Crippen molar-refractivity contribution in [3.8, 4) is 0 Å². The molecule has 1 unspecified atom stereocenters. The van der Waals surface area contributed by atoms with Gasteiger partial charge in [0.15, 0.2) is 11.9 Å². The van der Waals surface area contributed by atoms with Crippen LogP contribution in [0, 0.1) is 23.7 Å². The lowest BCUT2D eigenvalue weighted by molar-refractivity contribution is -0.568. The van der Waals surface area contributed by atoms with E-state index >= 15 is 0 Å². The summed E-state index contributed by atoms with van der Waals surface area (Å²) < 4.78 is 12.7. The summed E-state index contributed by atoms with van der Waals surface area (Å²) in [6.07, 6.45) is 3.90. The number of aliphatic hydroxyl groups is 1. The van der Waals surface area contributed by atoms with Crippen LogP contribution in [-0.2, 0) is 19.2 Å². The van der Waals surface area contributed by atoms with Crippen molar-refractivity contribution in [2.24, 2.45) is 23.7 Å². The minimum atomic E-state index is -0.704. The van der Waals surface area contributed by atoms with Crippen LogP contribution in [-0.4, -0.2) is 40.6 Å². The van der Waals surface area contributed by atoms with Gasteiger partial charge in [-0.1, -0.05) is 13.8 Å². The third-order valence-corrected chi connectivity index (χ3v) is 7.76. The maximum atomic E-state index is 9.16. The molecule has 23 heavy (non-hydrogen) atoms. The molecule has 5 nitrogen and oxygen atoms in total. The van der Waals surface area contributed by atoms with Gasteiger partial charge in [0.25, 0.3) is 0 Å². The molecule has 4 saturated heterocycles. The molecule has 6 heteroatoms. The molecule has 5 fully saturated rings. The van der Waals surface area contributed by atoms with Crippen molar-refractivity contribution in [3.63, 3.8) is 0 Å². The van der Waals surface area contributed by atoms with Crippen LogP contribution in [0.25, 0.3) is 0 Å². The van der Waals surface area contributed by atoms with Gasteiger partial charge in [0.05, 0.1) is 6.61 Å². The summed E-state index contributed by atoms with van der Waals surface area (Å²) in [5, 5.41) is 9.16. The summed E-state index contributed by atoms with van der Waals surface area (Å²) in [6.45, 7) is 6.71. The van der Waals surface area contributed by atoms with E-state index < -0.39 is 11.4 Å². The summed E-state index contributed by atoms with van der Waals surface area (Å²) in [5.74, 6) is 1.73. The summed E-state index contributed by atoms with van der Waals surface area (Å²) in [6, 6.07) is 0. The Morgan fingerprint density at radius 2 is 1.96 bits per heavy atom. The monoisotopic (exact) mass is 344 g/mol. The normalized spacial score (nSPS) is 55.3. The lowest BCUT2D eigenvalue weighted by Gasteiger charge is -2.60. The van der Waals surface area contributed by atoms with Crippen LogP contribution in [0.4, 0.5) is 0 Å². The molecule has 5 aliphatic rings. The van der Waals surface area contributed by atoms with Gasteiger partial charge in [0, 0.05) is 18.1 Å². The molecule has 0 aromatic carbocycles. The molecular formula is C17H28O5S. The fourth-order valence-electron chi connectivity index (χ4n) is 5.23. The van der Waals surface area contributed by atoms with Crippen LogP contribution >= 0.6 is 11.8 Å². The second-order valence-electron chi connectivity index (χ2n) is 7.87. The quantitative estimate of drug-likeness (QED) is 0.795. The Hall–Kier alpha value is 0.150. The van der Waals surface area contributed by atoms with Gasteiger partial charge in [-0.3, -0.25) is 0 Å². The first-order chi connectivity index (χ1) is 11.0. The molecule has 2 bridgehead atoms. The standard InChI is InChI=1S/C17H28O5S/c1-10-4-5-13-11(2)14(23-9-8-18)19-15-17(13)12(10)6-7-16(3,20-15)21-22-17/h10-15,18H,4-9H2,1-3H3/t10-,11-,12+,13+,14+,15-,16?,17-/m1/s1. The van der Waals surface area contributed by atoms with Gasteiger partial charge in [0.2, 0.25) is 5.79 Å². The van der Waals surface area contributed by atoms with Crippen LogP contribution in [0.3, 0.4) is 0 Å². The number of rotatable bonds is 3. The van der Waals surface area contributed by atoms with E-state index in [1.807, 2.05) is 6.92 Å². The van der Waals surface area contributed by atoms with E-state index in [0.29, 0.717) is 29.4 Å². The minimum absolute atomic E-state index is 0.0448. The average molecular weight is 344 g/mol. The maximum Gasteiger partial charge on any atom is 0.201 e. The minimum Gasteiger partial charge on any atom is -0.396 e. The number of hydrogen-bond acceptors (Lipinski definition) is 6. The SMILES string of the molecule is C[C@H]1[C@H](SCCO)O[C@@H]2OC3(C)CC[C@H]4[C@H](C)CC[C@@H]1[C@@]24OO3. The maximum absolute atomic E-state index is 9.16. The number of fused-ring (bicyclic) bond motifs is 2. The lowest BCUT2D eigenvalue weighted by atomic mass is 9.58. The van der Waals surface area contributed by atoms with Crippen molar-refractivity contribution < 1.29 is 24.4 Å². The predicted molar refractivity (Wildman–Crippen MR) is 86.4 cm³/mol. The first kappa shape index (κ1) is 16.6. The number of hydrogen-bond donors (Lipinski definition) is 1. The number of aliphatic hydroxyl groups excluding tert-OH is 1. The first-order valence-corrected chi connectivity index (χ1v) is 9.97. The Morgan fingerprint density at radius 3 is 2.74 bits per heavy atom. The fraction of sp³-hybridized carbons (Fsp3) is 1.00. The zero-order valence-corrected chi connectivity index (χ0v) is 15.0. The highest BCUT2D eigenvalue weighted by atomic mass is 32.2. The topological polar surface area (TPSA) is 57.2 Å². The van der Waals surface area contributed by atoms with Crippen LogP contribution < -0.4 is 0 Å². The van der Waals surface area contributed by atoms with Crippen molar-refractivity contribution in [1.29, 1.82) is 0 Å². The van der Waals surface area contributed by atoms with Gasteiger partial charge in [-0.05, 0) is 43.9 Å². The van der Waals surface area contributed by atoms with Crippen LogP contribution in [0.2, 0.25) is 0 Å². The zero-order valence-electron chi connectivity index (χ0n) is 14.2. The zero-order chi connectivity index (χ0) is 16.2.